The van der Waals surface area contributed by atoms with Gasteiger partial charge >= 0.3 is 6.03 Å². The van der Waals surface area contributed by atoms with E-state index in [1.54, 1.807) is 4.90 Å². The summed E-state index contributed by atoms with van der Waals surface area (Å²) in [6.07, 6.45) is 0.857. The number of benzene rings is 1. The van der Waals surface area contributed by atoms with Gasteiger partial charge < -0.3 is 19.9 Å². The molecular formula is C21H31N5O2. The number of anilines is 1. The summed E-state index contributed by atoms with van der Waals surface area (Å²) >= 11 is 0. The van der Waals surface area contributed by atoms with E-state index in [4.69, 9.17) is 4.74 Å². The van der Waals surface area contributed by atoms with Gasteiger partial charge in [-0.2, -0.15) is 5.10 Å². The quantitative estimate of drug-likeness (QED) is 0.744. The average Bonchev–Trinajstić information content (AvgIpc) is 3.03. The third kappa shape index (κ3) is 5.48. The summed E-state index contributed by atoms with van der Waals surface area (Å²) in [5, 5.41) is 7.43. The van der Waals surface area contributed by atoms with Crippen LogP contribution in [0.5, 0.6) is 0 Å². The minimum absolute atomic E-state index is 0.0503. The summed E-state index contributed by atoms with van der Waals surface area (Å²) in [4.78, 5) is 16.4. The number of urea groups is 1. The molecule has 1 aromatic heterocycles. The first kappa shape index (κ1) is 20.2. The second-order valence-electron chi connectivity index (χ2n) is 7.36. The fraction of sp³-hybridized carbons (Fsp3) is 0.524. The van der Waals surface area contributed by atoms with E-state index in [0.29, 0.717) is 13.1 Å². The minimum Gasteiger partial charge on any atom is -0.378 e. The zero-order valence-corrected chi connectivity index (χ0v) is 17.1. The van der Waals surface area contributed by atoms with E-state index in [-0.39, 0.29) is 6.03 Å². The highest BCUT2D eigenvalue weighted by molar-refractivity contribution is 5.73. The van der Waals surface area contributed by atoms with Crippen molar-refractivity contribution >= 4 is 11.7 Å². The van der Waals surface area contributed by atoms with Crippen LogP contribution in [-0.2, 0) is 17.8 Å². The van der Waals surface area contributed by atoms with Crippen LogP contribution in [0.3, 0.4) is 0 Å². The number of morpholine rings is 1. The van der Waals surface area contributed by atoms with Crippen molar-refractivity contribution in [1.29, 1.82) is 0 Å². The molecule has 2 aromatic rings. The number of hydrogen-bond donors (Lipinski definition) is 1. The second kappa shape index (κ2) is 9.59. The second-order valence-corrected chi connectivity index (χ2v) is 7.36. The number of amides is 2. The molecule has 7 nitrogen and oxygen atoms in total. The maximum atomic E-state index is 12.3. The normalized spacial score (nSPS) is 14.2. The molecule has 28 heavy (non-hydrogen) atoms. The van der Waals surface area contributed by atoms with E-state index in [2.05, 4.69) is 52.6 Å². The Labute approximate surface area is 167 Å². The van der Waals surface area contributed by atoms with E-state index >= 15 is 0 Å². The Hall–Kier alpha value is -2.54. The Bertz CT molecular complexity index is 766. The zero-order chi connectivity index (χ0) is 19.9. The third-order valence-corrected chi connectivity index (χ3v) is 5.01. The molecule has 1 N–H and O–H groups in total. The molecular weight excluding hydrogens is 354 g/mol. The lowest BCUT2D eigenvalue weighted by atomic mass is 10.2. The van der Waals surface area contributed by atoms with Gasteiger partial charge in [0, 0.05) is 51.2 Å². The van der Waals surface area contributed by atoms with Crippen molar-refractivity contribution in [3.05, 3.63) is 47.3 Å². The molecule has 1 aromatic carbocycles. The van der Waals surface area contributed by atoms with Crippen LogP contribution in [0, 0.1) is 13.8 Å². The van der Waals surface area contributed by atoms with Crippen molar-refractivity contribution in [3.8, 4) is 0 Å². The van der Waals surface area contributed by atoms with Gasteiger partial charge in [-0.25, -0.2) is 4.79 Å². The van der Waals surface area contributed by atoms with Crippen molar-refractivity contribution in [3.63, 3.8) is 0 Å². The molecule has 3 rings (SSSR count). The molecule has 1 fully saturated rings. The smallest absolute Gasteiger partial charge is 0.317 e. The van der Waals surface area contributed by atoms with E-state index in [1.807, 2.05) is 18.7 Å². The Balaban J connectivity index is 1.40. The predicted molar refractivity (Wildman–Crippen MR) is 111 cm³/mol. The van der Waals surface area contributed by atoms with Crippen LogP contribution < -0.4 is 10.2 Å². The first-order valence-corrected chi connectivity index (χ1v) is 9.94. The first-order chi connectivity index (χ1) is 13.5. The molecule has 152 valence electrons. The van der Waals surface area contributed by atoms with Crippen molar-refractivity contribution in [2.75, 3.05) is 44.8 Å². The summed E-state index contributed by atoms with van der Waals surface area (Å²) in [7, 11) is 1.83. The molecule has 1 aliphatic rings. The standard InChI is InChI=1S/C21H31N5O2/c1-17-15-18(2)26(23-17)10-4-9-22-21(27)24(3)16-19-5-7-20(8-6-19)25-11-13-28-14-12-25/h5-8,15H,4,9-14,16H2,1-3H3,(H,22,27). The summed E-state index contributed by atoms with van der Waals surface area (Å²) in [6, 6.07) is 10.5. The van der Waals surface area contributed by atoms with Crippen LogP contribution in [0.15, 0.2) is 30.3 Å². The highest BCUT2D eigenvalue weighted by Crippen LogP contribution is 2.17. The van der Waals surface area contributed by atoms with Gasteiger partial charge in [0.1, 0.15) is 0 Å². The molecule has 0 atom stereocenters. The minimum atomic E-state index is -0.0503. The number of aryl methyl sites for hydroxylation is 3. The topological polar surface area (TPSA) is 62.6 Å². The van der Waals surface area contributed by atoms with Crippen LogP contribution >= 0.6 is 0 Å². The Morgan fingerprint density at radius 3 is 2.57 bits per heavy atom. The number of ether oxygens (including phenoxy) is 1. The molecule has 0 saturated carbocycles. The van der Waals surface area contributed by atoms with Crippen LogP contribution in [0.4, 0.5) is 10.5 Å². The maximum absolute atomic E-state index is 12.3. The van der Waals surface area contributed by atoms with E-state index in [1.165, 1.54) is 5.69 Å². The number of rotatable bonds is 7. The molecule has 1 saturated heterocycles. The number of hydrogen-bond acceptors (Lipinski definition) is 4. The van der Waals surface area contributed by atoms with Gasteiger partial charge in [0.2, 0.25) is 0 Å². The molecule has 2 amide bonds. The molecule has 2 heterocycles. The SMILES string of the molecule is Cc1cc(C)n(CCCNC(=O)N(C)Cc2ccc(N3CCOCC3)cc2)n1. The van der Waals surface area contributed by atoms with Crippen LogP contribution in [-0.4, -0.2) is 60.6 Å². The predicted octanol–water partition coefficient (Wildman–Crippen LogP) is 2.57. The lowest BCUT2D eigenvalue weighted by Crippen LogP contribution is -2.37. The molecule has 0 spiro atoms. The van der Waals surface area contributed by atoms with Gasteiger partial charge in [0.15, 0.2) is 0 Å². The summed E-state index contributed by atoms with van der Waals surface area (Å²) in [6.45, 7) is 9.51. The molecule has 0 unspecified atom stereocenters. The number of aromatic nitrogens is 2. The fourth-order valence-corrected chi connectivity index (χ4v) is 3.44. The lowest BCUT2D eigenvalue weighted by Gasteiger charge is -2.29. The lowest BCUT2D eigenvalue weighted by molar-refractivity contribution is 0.122. The van der Waals surface area contributed by atoms with Crippen molar-refractivity contribution in [2.24, 2.45) is 0 Å². The zero-order valence-electron chi connectivity index (χ0n) is 17.1. The average molecular weight is 386 g/mol. The third-order valence-electron chi connectivity index (χ3n) is 5.01. The monoisotopic (exact) mass is 385 g/mol. The van der Waals surface area contributed by atoms with Crippen molar-refractivity contribution in [1.82, 2.24) is 20.0 Å². The van der Waals surface area contributed by atoms with E-state index in [9.17, 15) is 4.79 Å². The first-order valence-electron chi connectivity index (χ1n) is 9.94. The number of carbonyl (C=O) groups excluding carboxylic acids is 1. The van der Waals surface area contributed by atoms with Gasteiger partial charge in [0.25, 0.3) is 0 Å². The van der Waals surface area contributed by atoms with Gasteiger partial charge in [-0.3, -0.25) is 4.68 Å². The number of carbonyl (C=O) groups is 1. The van der Waals surface area contributed by atoms with Crippen LogP contribution in [0.25, 0.3) is 0 Å². The largest absolute Gasteiger partial charge is 0.378 e. The van der Waals surface area contributed by atoms with E-state index in [0.717, 1.165) is 56.2 Å². The molecule has 0 bridgehead atoms. The fourth-order valence-electron chi connectivity index (χ4n) is 3.44. The van der Waals surface area contributed by atoms with E-state index < -0.39 is 0 Å². The molecule has 0 aliphatic carbocycles. The Morgan fingerprint density at radius 1 is 1.21 bits per heavy atom. The molecule has 7 heteroatoms. The Morgan fingerprint density at radius 2 is 1.93 bits per heavy atom. The summed E-state index contributed by atoms with van der Waals surface area (Å²) < 4.78 is 7.39. The van der Waals surface area contributed by atoms with Gasteiger partial charge in [0.05, 0.1) is 18.9 Å². The van der Waals surface area contributed by atoms with Crippen LogP contribution in [0.1, 0.15) is 23.4 Å². The van der Waals surface area contributed by atoms with Crippen molar-refractivity contribution < 1.29 is 9.53 Å². The Kier molecular flexibility index (Phi) is 6.92. The van der Waals surface area contributed by atoms with Gasteiger partial charge in [-0.05, 0) is 44.0 Å². The molecule has 0 radical (unpaired) electrons. The van der Waals surface area contributed by atoms with Gasteiger partial charge in [-0.1, -0.05) is 12.1 Å². The van der Waals surface area contributed by atoms with Crippen molar-refractivity contribution in [2.45, 2.75) is 33.4 Å². The number of nitrogens with one attached hydrogen (secondary N) is 1. The summed E-state index contributed by atoms with van der Waals surface area (Å²) in [5.41, 5.74) is 4.52. The molecule has 1 aliphatic heterocycles. The number of nitrogens with zero attached hydrogens (tertiary/aromatic N) is 4. The van der Waals surface area contributed by atoms with Crippen LogP contribution in [0.2, 0.25) is 0 Å². The summed E-state index contributed by atoms with van der Waals surface area (Å²) in [5.74, 6) is 0. The highest BCUT2D eigenvalue weighted by atomic mass is 16.5. The highest BCUT2D eigenvalue weighted by Gasteiger charge is 2.12. The maximum Gasteiger partial charge on any atom is 0.317 e. The van der Waals surface area contributed by atoms with Gasteiger partial charge in [-0.15, -0.1) is 0 Å².